The molecule has 0 radical (unpaired) electrons. The fraction of sp³-hybridized carbons (Fsp3) is 0.909. The van der Waals surface area contributed by atoms with Crippen LogP contribution in [0.25, 0.3) is 0 Å². The van der Waals surface area contributed by atoms with Gasteiger partial charge in [0, 0.05) is 26.1 Å². The Labute approximate surface area is 171 Å². The van der Waals surface area contributed by atoms with E-state index in [1.54, 1.807) is 0 Å². The Kier molecular flexibility index (Phi) is 18.4. The molecule has 0 fully saturated rings. The van der Waals surface area contributed by atoms with Gasteiger partial charge in [-0.3, -0.25) is 9.59 Å². The van der Waals surface area contributed by atoms with Gasteiger partial charge in [0.1, 0.15) is 0 Å². The van der Waals surface area contributed by atoms with E-state index in [0.717, 1.165) is 64.2 Å². The molecule has 0 bridgehead atoms. The first-order chi connectivity index (χ1) is 13.5. The number of carbonyl (C=O) groups is 2. The lowest BCUT2D eigenvalue weighted by Crippen LogP contribution is -2.09. The van der Waals surface area contributed by atoms with Crippen molar-refractivity contribution in [2.24, 2.45) is 11.8 Å². The highest BCUT2D eigenvalue weighted by Crippen LogP contribution is 2.11. The van der Waals surface area contributed by atoms with Crippen LogP contribution < -0.4 is 0 Å². The van der Waals surface area contributed by atoms with Crippen LogP contribution in [0.1, 0.15) is 90.9 Å². The van der Waals surface area contributed by atoms with Crippen molar-refractivity contribution in [1.29, 1.82) is 0 Å². The van der Waals surface area contributed by atoms with Crippen molar-refractivity contribution in [3.05, 3.63) is 0 Å². The van der Waals surface area contributed by atoms with Crippen LogP contribution in [-0.4, -0.2) is 48.6 Å². The van der Waals surface area contributed by atoms with Crippen molar-refractivity contribution in [3.63, 3.8) is 0 Å². The minimum absolute atomic E-state index is 0.132. The van der Waals surface area contributed by atoms with Crippen molar-refractivity contribution >= 4 is 11.9 Å². The molecule has 0 amide bonds. The van der Waals surface area contributed by atoms with E-state index in [2.05, 4.69) is 0 Å². The number of hydrogen-bond donors (Lipinski definition) is 2. The highest BCUT2D eigenvalue weighted by Gasteiger charge is 2.07. The topological polar surface area (TPSA) is 93.1 Å². The van der Waals surface area contributed by atoms with Gasteiger partial charge in [-0.1, -0.05) is 39.5 Å². The summed E-state index contributed by atoms with van der Waals surface area (Å²) < 4.78 is 10.4. The van der Waals surface area contributed by atoms with E-state index in [9.17, 15) is 9.59 Å². The van der Waals surface area contributed by atoms with E-state index in [1.807, 2.05) is 13.8 Å². The first-order valence-corrected chi connectivity index (χ1v) is 11.0. The van der Waals surface area contributed by atoms with E-state index in [0.29, 0.717) is 37.9 Å². The molecule has 0 rings (SSSR count). The maximum absolute atomic E-state index is 11.6. The van der Waals surface area contributed by atoms with Gasteiger partial charge >= 0.3 is 11.9 Å². The lowest BCUT2D eigenvalue weighted by molar-refractivity contribution is -0.145. The molecule has 6 heteroatoms. The third kappa shape index (κ3) is 18.2. The summed E-state index contributed by atoms with van der Waals surface area (Å²) in [5.74, 6) is 0.495. The second-order valence-electron chi connectivity index (χ2n) is 7.87. The Morgan fingerprint density at radius 3 is 1.36 bits per heavy atom. The van der Waals surface area contributed by atoms with E-state index in [-0.39, 0.29) is 25.2 Å². The first kappa shape index (κ1) is 26.9. The number of ether oxygens (including phenoxy) is 2. The van der Waals surface area contributed by atoms with Crippen LogP contribution in [0.15, 0.2) is 0 Å². The highest BCUT2D eigenvalue weighted by atomic mass is 16.5. The molecule has 0 aliphatic heterocycles. The van der Waals surface area contributed by atoms with Crippen LogP contribution in [-0.2, 0) is 19.1 Å². The molecular weight excluding hydrogens is 360 g/mol. The number of aliphatic hydroxyl groups excluding tert-OH is 2. The average molecular weight is 403 g/mol. The summed E-state index contributed by atoms with van der Waals surface area (Å²) in [6.07, 6.45) is 9.86. The van der Waals surface area contributed by atoms with E-state index < -0.39 is 0 Å². The van der Waals surface area contributed by atoms with Crippen molar-refractivity contribution < 1.29 is 29.3 Å². The number of carbonyl (C=O) groups excluding carboxylic acids is 2. The van der Waals surface area contributed by atoms with E-state index in [4.69, 9.17) is 19.7 Å². The first-order valence-electron chi connectivity index (χ1n) is 11.0. The predicted molar refractivity (Wildman–Crippen MR) is 110 cm³/mol. The fourth-order valence-corrected chi connectivity index (χ4v) is 2.87. The monoisotopic (exact) mass is 402 g/mol. The quantitative estimate of drug-likeness (QED) is 0.250. The SMILES string of the molecule is CC(CCO)CCOC(=O)CCCCCCCCC(=O)OCCC(C)CCO. The molecule has 0 spiro atoms. The molecule has 0 aliphatic carbocycles. The molecule has 2 atom stereocenters. The van der Waals surface area contributed by atoms with Gasteiger partial charge in [0.25, 0.3) is 0 Å². The zero-order valence-electron chi connectivity index (χ0n) is 18.0. The summed E-state index contributed by atoms with van der Waals surface area (Å²) in [4.78, 5) is 23.2. The Morgan fingerprint density at radius 1 is 0.643 bits per heavy atom. The van der Waals surface area contributed by atoms with Crippen LogP contribution in [0.5, 0.6) is 0 Å². The van der Waals surface area contributed by atoms with Crippen LogP contribution in [0.2, 0.25) is 0 Å². The average Bonchev–Trinajstić information content (AvgIpc) is 2.64. The molecule has 6 nitrogen and oxygen atoms in total. The minimum Gasteiger partial charge on any atom is -0.466 e. The number of unbranched alkanes of at least 4 members (excludes halogenated alkanes) is 5. The summed E-state index contributed by atoms with van der Waals surface area (Å²) >= 11 is 0. The van der Waals surface area contributed by atoms with Gasteiger partial charge in [-0.2, -0.15) is 0 Å². The number of rotatable bonds is 19. The van der Waals surface area contributed by atoms with Crippen molar-refractivity contribution in [2.75, 3.05) is 26.4 Å². The van der Waals surface area contributed by atoms with Gasteiger partial charge in [-0.25, -0.2) is 0 Å². The predicted octanol–water partition coefficient (Wildman–Crippen LogP) is 4.01. The molecule has 2 N–H and O–H groups in total. The van der Waals surface area contributed by atoms with Gasteiger partial charge in [-0.05, 0) is 50.4 Å². The third-order valence-corrected chi connectivity index (χ3v) is 5.00. The summed E-state index contributed by atoms with van der Waals surface area (Å²) in [5, 5.41) is 17.6. The van der Waals surface area contributed by atoms with Crippen molar-refractivity contribution in [1.82, 2.24) is 0 Å². The van der Waals surface area contributed by atoms with Crippen LogP contribution in [0.3, 0.4) is 0 Å². The number of aliphatic hydroxyl groups is 2. The summed E-state index contributed by atoms with van der Waals surface area (Å²) in [6.45, 7) is 5.34. The van der Waals surface area contributed by atoms with E-state index in [1.165, 1.54) is 0 Å². The Hall–Kier alpha value is -1.14. The smallest absolute Gasteiger partial charge is 0.305 e. The van der Waals surface area contributed by atoms with Gasteiger partial charge in [0.2, 0.25) is 0 Å². The summed E-state index contributed by atoms with van der Waals surface area (Å²) in [6, 6.07) is 0. The molecule has 0 saturated heterocycles. The second-order valence-corrected chi connectivity index (χ2v) is 7.87. The van der Waals surface area contributed by atoms with Gasteiger partial charge in [-0.15, -0.1) is 0 Å². The Bertz CT molecular complexity index is 349. The molecule has 166 valence electrons. The lowest BCUT2D eigenvalue weighted by atomic mass is 10.1. The van der Waals surface area contributed by atoms with Crippen LogP contribution in [0, 0.1) is 11.8 Å². The van der Waals surface area contributed by atoms with Gasteiger partial charge in [0.15, 0.2) is 0 Å². The molecule has 0 aliphatic rings. The fourth-order valence-electron chi connectivity index (χ4n) is 2.87. The molecule has 0 aromatic rings. The third-order valence-electron chi connectivity index (χ3n) is 5.00. The van der Waals surface area contributed by atoms with Crippen LogP contribution in [0.4, 0.5) is 0 Å². The zero-order valence-corrected chi connectivity index (χ0v) is 18.0. The summed E-state index contributed by atoms with van der Waals surface area (Å²) in [5.41, 5.74) is 0. The molecule has 0 aromatic carbocycles. The number of esters is 2. The highest BCUT2D eigenvalue weighted by molar-refractivity contribution is 5.69. The Balaban J connectivity index is 3.38. The molecular formula is C22H42O6. The second kappa shape index (κ2) is 19.2. The lowest BCUT2D eigenvalue weighted by Gasteiger charge is -2.10. The molecule has 2 unspecified atom stereocenters. The van der Waals surface area contributed by atoms with Crippen LogP contribution >= 0.6 is 0 Å². The van der Waals surface area contributed by atoms with Gasteiger partial charge in [0.05, 0.1) is 13.2 Å². The molecule has 0 aromatic heterocycles. The zero-order chi connectivity index (χ0) is 21.0. The van der Waals surface area contributed by atoms with Gasteiger partial charge < -0.3 is 19.7 Å². The van der Waals surface area contributed by atoms with E-state index >= 15 is 0 Å². The normalized spacial score (nSPS) is 13.1. The maximum Gasteiger partial charge on any atom is 0.305 e. The summed E-state index contributed by atoms with van der Waals surface area (Å²) in [7, 11) is 0. The standard InChI is InChI=1S/C22H42O6/c1-19(11-15-23)13-17-27-21(25)9-7-5-3-4-6-8-10-22(26)28-18-14-20(2)12-16-24/h19-20,23-24H,3-18H2,1-2H3. The van der Waals surface area contributed by atoms with Crippen molar-refractivity contribution in [3.8, 4) is 0 Å². The largest absolute Gasteiger partial charge is 0.466 e. The molecule has 28 heavy (non-hydrogen) atoms. The molecule has 0 saturated carbocycles. The minimum atomic E-state index is -0.132. The van der Waals surface area contributed by atoms with Crippen molar-refractivity contribution in [2.45, 2.75) is 90.9 Å². The number of hydrogen-bond acceptors (Lipinski definition) is 6. The molecule has 0 heterocycles. The maximum atomic E-state index is 11.6. The Morgan fingerprint density at radius 2 is 1.00 bits per heavy atom.